The summed E-state index contributed by atoms with van der Waals surface area (Å²) in [5.41, 5.74) is 0. The molecule has 0 unspecified atom stereocenters. The van der Waals surface area contributed by atoms with Crippen LogP contribution in [0.1, 0.15) is 6.42 Å². The van der Waals surface area contributed by atoms with Gasteiger partial charge in [0.15, 0.2) is 0 Å². The zero-order chi connectivity index (χ0) is 8.81. The van der Waals surface area contributed by atoms with E-state index in [9.17, 15) is 0 Å². The zero-order valence-corrected chi connectivity index (χ0v) is 7.71. The van der Waals surface area contributed by atoms with E-state index in [2.05, 4.69) is 23.0 Å². The Morgan fingerprint density at radius 1 is 1.00 bits per heavy atom. The second-order valence-corrected chi connectivity index (χ2v) is 3.23. The fourth-order valence-corrected chi connectivity index (χ4v) is 1.61. The van der Waals surface area contributed by atoms with Gasteiger partial charge in [0, 0.05) is 26.2 Å². The minimum Gasteiger partial charge on any atom is -0.287 e. The predicted molar refractivity (Wildman–Crippen MR) is 53.0 cm³/mol. The summed E-state index contributed by atoms with van der Waals surface area (Å²) >= 11 is 0. The normalized spacial score (nSPS) is 20.7. The van der Waals surface area contributed by atoms with Crippen molar-refractivity contribution in [3.8, 4) is 0 Å². The van der Waals surface area contributed by atoms with E-state index in [1.165, 1.54) is 19.5 Å². The second kappa shape index (κ2) is 5.12. The molecule has 0 amide bonds. The molecule has 0 saturated carbocycles. The highest BCUT2D eigenvalue weighted by Crippen LogP contribution is 2.04. The maximum atomic E-state index is 3.75. The Hall–Kier alpha value is -0.600. The van der Waals surface area contributed by atoms with Gasteiger partial charge in [-0.25, -0.2) is 0 Å². The van der Waals surface area contributed by atoms with Gasteiger partial charge in [0.05, 0.1) is 6.67 Å². The summed E-state index contributed by atoms with van der Waals surface area (Å²) in [4.78, 5) is 4.81. The van der Waals surface area contributed by atoms with Crippen LogP contribution in [0.15, 0.2) is 25.3 Å². The summed E-state index contributed by atoms with van der Waals surface area (Å²) in [5, 5.41) is 0. The third-order valence-corrected chi connectivity index (χ3v) is 2.12. The van der Waals surface area contributed by atoms with Gasteiger partial charge in [-0.3, -0.25) is 9.80 Å². The Balaban J connectivity index is 2.29. The highest BCUT2D eigenvalue weighted by molar-refractivity contribution is 4.80. The number of rotatable bonds is 4. The Morgan fingerprint density at radius 2 is 1.50 bits per heavy atom. The lowest BCUT2D eigenvalue weighted by atomic mass is 10.3. The summed E-state index contributed by atoms with van der Waals surface area (Å²) < 4.78 is 0. The summed E-state index contributed by atoms with van der Waals surface area (Å²) in [6.07, 6.45) is 5.20. The van der Waals surface area contributed by atoms with E-state index in [1.54, 1.807) is 0 Å². The first-order valence-electron chi connectivity index (χ1n) is 4.53. The summed E-state index contributed by atoms with van der Waals surface area (Å²) in [6.45, 7) is 13.0. The molecule has 0 spiro atoms. The minimum atomic E-state index is 1.01. The first kappa shape index (κ1) is 9.49. The first-order chi connectivity index (χ1) is 5.86. The maximum Gasteiger partial charge on any atom is 0.0512 e. The maximum absolute atomic E-state index is 3.75. The molecule has 0 aromatic rings. The standard InChI is InChI=1S/C10H18N2/c1-3-6-11-8-5-9-12(10-11)7-4-2/h3-4H,1-2,5-10H2. The predicted octanol–water partition coefficient (Wildman–Crippen LogP) is 1.32. The van der Waals surface area contributed by atoms with Crippen molar-refractivity contribution in [2.24, 2.45) is 0 Å². The van der Waals surface area contributed by atoms with Crippen LogP contribution in [0.5, 0.6) is 0 Å². The van der Waals surface area contributed by atoms with Crippen molar-refractivity contribution in [2.45, 2.75) is 6.42 Å². The monoisotopic (exact) mass is 166 g/mol. The zero-order valence-electron chi connectivity index (χ0n) is 7.71. The van der Waals surface area contributed by atoms with Crippen molar-refractivity contribution in [2.75, 3.05) is 32.8 Å². The van der Waals surface area contributed by atoms with E-state index in [-0.39, 0.29) is 0 Å². The third-order valence-electron chi connectivity index (χ3n) is 2.12. The van der Waals surface area contributed by atoms with Crippen molar-refractivity contribution >= 4 is 0 Å². The Kier molecular flexibility index (Phi) is 4.05. The Labute approximate surface area is 75.2 Å². The summed E-state index contributed by atoms with van der Waals surface area (Å²) in [7, 11) is 0. The molecule has 0 aromatic heterocycles. The quantitative estimate of drug-likeness (QED) is 0.581. The van der Waals surface area contributed by atoms with Gasteiger partial charge in [-0.2, -0.15) is 0 Å². The fraction of sp³-hybridized carbons (Fsp3) is 0.600. The highest BCUT2D eigenvalue weighted by atomic mass is 15.3. The molecular weight excluding hydrogens is 148 g/mol. The van der Waals surface area contributed by atoms with Crippen molar-refractivity contribution in [1.29, 1.82) is 0 Å². The van der Waals surface area contributed by atoms with E-state index in [4.69, 9.17) is 0 Å². The highest BCUT2D eigenvalue weighted by Gasteiger charge is 2.14. The molecule has 1 aliphatic heterocycles. The van der Waals surface area contributed by atoms with Crippen LogP contribution in [-0.4, -0.2) is 42.6 Å². The van der Waals surface area contributed by atoms with Crippen LogP contribution < -0.4 is 0 Å². The van der Waals surface area contributed by atoms with Gasteiger partial charge in [-0.05, 0) is 6.42 Å². The number of hydrogen-bond acceptors (Lipinski definition) is 2. The van der Waals surface area contributed by atoms with E-state index in [0.717, 1.165) is 19.8 Å². The van der Waals surface area contributed by atoms with Crippen LogP contribution >= 0.6 is 0 Å². The largest absolute Gasteiger partial charge is 0.287 e. The van der Waals surface area contributed by atoms with Gasteiger partial charge >= 0.3 is 0 Å². The lowest BCUT2D eigenvalue weighted by molar-refractivity contribution is 0.106. The lowest BCUT2D eigenvalue weighted by Gasteiger charge is -2.34. The van der Waals surface area contributed by atoms with E-state index < -0.39 is 0 Å². The van der Waals surface area contributed by atoms with Crippen molar-refractivity contribution in [3.63, 3.8) is 0 Å². The average molecular weight is 166 g/mol. The van der Waals surface area contributed by atoms with E-state index in [1.807, 2.05) is 12.2 Å². The molecule has 2 heteroatoms. The molecule has 0 aromatic carbocycles. The van der Waals surface area contributed by atoms with E-state index in [0.29, 0.717) is 0 Å². The van der Waals surface area contributed by atoms with Crippen LogP contribution in [0, 0.1) is 0 Å². The lowest BCUT2D eigenvalue weighted by Crippen LogP contribution is -2.44. The molecule has 0 atom stereocenters. The number of nitrogens with zero attached hydrogens (tertiary/aromatic N) is 2. The molecule has 1 saturated heterocycles. The van der Waals surface area contributed by atoms with Gasteiger partial charge in [-0.1, -0.05) is 12.2 Å². The van der Waals surface area contributed by atoms with Crippen LogP contribution in [0.25, 0.3) is 0 Å². The summed E-state index contributed by atoms with van der Waals surface area (Å²) in [5.74, 6) is 0. The molecule has 68 valence electrons. The van der Waals surface area contributed by atoms with Crippen LogP contribution in [0.2, 0.25) is 0 Å². The SMILES string of the molecule is C=CCN1CCCN(CC=C)C1. The molecular formula is C10H18N2. The topological polar surface area (TPSA) is 6.48 Å². The van der Waals surface area contributed by atoms with Gasteiger partial charge < -0.3 is 0 Å². The molecule has 0 aliphatic carbocycles. The molecule has 1 rings (SSSR count). The van der Waals surface area contributed by atoms with Gasteiger partial charge in [0.25, 0.3) is 0 Å². The van der Waals surface area contributed by atoms with Gasteiger partial charge in [-0.15, -0.1) is 13.2 Å². The molecule has 1 heterocycles. The molecule has 1 fully saturated rings. The van der Waals surface area contributed by atoms with Crippen molar-refractivity contribution in [3.05, 3.63) is 25.3 Å². The second-order valence-electron chi connectivity index (χ2n) is 3.23. The van der Waals surface area contributed by atoms with Gasteiger partial charge in [0.1, 0.15) is 0 Å². The number of hydrogen-bond donors (Lipinski definition) is 0. The van der Waals surface area contributed by atoms with E-state index >= 15 is 0 Å². The van der Waals surface area contributed by atoms with Gasteiger partial charge in [0.2, 0.25) is 0 Å². The Bertz CT molecular complexity index is 138. The smallest absolute Gasteiger partial charge is 0.0512 e. The third kappa shape index (κ3) is 2.80. The van der Waals surface area contributed by atoms with Crippen molar-refractivity contribution < 1.29 is 0 Å². The average Bonchev–Trinajstić information content (AvgIpc) is 2.06. The molecule has 0 N–H and O–H groups in total. The fourth-order valence-electron chi connectivity index (χ4n) is 1.61. The van der Waals surface area contributed by atoms with Crippen molar-refractivity contribution in [1.82, 2.24) is 9.80 Å². The molecule has 12 heavy (non-hydrogen) atoms. The minimum absolute atomic E-state index is 1.01. The first-order valence-corrected chi connectivity index (χ1v) is 4.53. The Morgan fingerprint density at radius 3 is 1.92 bits per heavy atom. The van der Waals surface area contributed by atoms with Crippen LogP contribution in [-0.2, 0) is 0 Å². The summed E-state index contributed by atoms with van der Waals surface area (Å²) in [6, 6.07) is 0. The van der Waals surface area contributed by atoms with Crippen LogP contribution in [0.3, 0.4) is 0 Å². The molecule has 0 radical (unpaired) electrons. The molecule has 0 bridgehead atoms. The van der Waals surface area contributed by atoms with Crippen LogP contribution in [0.4, 0.5) is 0 Å². The molecule has 2 nitrogen and oxygen atoms in total. The molecule has 1 aliphatic rings.